The highest BCUT2D eigenvalue weighted by molar-refractivity contribution is 6.35. The van der Waals surface area contributed by atoms with Crippen molar-refractivity contribution in [2.75, 3.05) is 42.6 Å². The van der Waals surface area contributed by atoms with Crippen molar-refractivity contribution in [2.45, 2.75) is 12.1 Å². The Morgan fingerprint density at radius 1 is 0.767 bits per heavy atom. The van der Waals surface area contributed by atoms with Gasteiger partial charge in [0.1, 0.15) is 30.6 Å². The first-order valence-corrected chi connectivity index (χ1v) is 14.5. The zero-order valence-corrected chi connectivity index (χ0v) is 24.6. The van der Waals surface area contributed by atoms with Crippen molar-refractivity contribution in [1.29, 1.82) is 0 Å². The van der Waals surface area contributed by atoms with Crippen molar-refractivity contribution < 1.29 is 20.1 Å². The van der Waals surface area contributed by atoms with E-state index in [4.69, 9.17) is 27.9 Å². The van der Waals surface area contributed by atoms with E-state index in [2.05, 4.69) is 19.9 Å². The number of piperazine rings is 1. The molecular formula is C31H30Cl2N6O4. The molecule has 12 heteroatoms. The van der Waals surface area contributed by atoms with Gasteiger partial charge < -0.3 is 29.9 Å². The molecule has 1 aliphatic heterocycles. The molecule has 5 aromatic rings. The molecule has 2 aromatic heterocycles. The minimum Gasteiger partial charge on any atom is -0.494 e. The molecule has 0 spiro atoms. The third-order valence-corrected chi connectivity index (χ3v) is 8.14. The van der Waals surface area contributed by atoms with Crippen molar-refractivity contribution in [2.24, 2.45) is 0 Å². The van der Waals surface area contributed by atoms with Crippen LogP contribution in [0.3, 0.4) is 0 Å². The predicted octanol–water partition coefficient (Wildman–Crippen LogP) is 5.08. The Labute approximate surface area is 258 Å². The fourth-order valence-corrected chi connectivity index (χ4v) is 5.91. The van der Waals surface area contributed by atoms with Crippen LogP contribution in [0.25, 0.3) is 5.69 Å². The lowest BCUT2D eigenvalue weighted by Crippen LogP contribution is -2.46. The predicted molar refractivity (Wildman–Crippen MR) is 166 cm³/mol. The van der Waals surface area contributed by atoms with E-state index in [1.165, 1.54) is 34.0 Å². The summed E-state index contributed by atoms with van der Waals surface area (Å²) in [6, 6.07) is 23.5. The van der Waals surface area contributed by atoms with E-state index in [0.29, 0.717) is 27.0 Å². The number of ether oxygens (including phenoxy) is 1. The maximum atomic E-state index is 11.7. The largest absolute Gasteiger partial charge is 0.494 e. The summed E-state index contributed by atoms with van der Waals surface area (Å²) in [7, 11) is 0. The fraction of sp³-hybridized carbons (Fsp3) is 0.226. The van der Waals surface area contributed by atoms with Crippen LogP contribution >= 0.6 is 23.2 Å². The van der Waals surface area contributed by atoms with Crippen LogP contribution < -0.4 is 14.5 Å². The van der Waals surface area contributed by atoms with Gasteiger partial charge in [0.25, 0.3) is 0 Å². The Bertz CT molecular complexity index is 1650. The first-order valence-electron chi connectivity index (χ1n) is 13.7. The maximum absolute atomic E-state index is 11.7. The molecule has 3 aromatic carbocycles. The molecule has 0 saturated carbocycles. The Hall–Kier alpha value is -4.38. The summed E-state index contributed by atoms with van der Waals surface area (Å²) in [4.78, 5) is 8.60. The van der Waals surface area contributed by atoms with Crippen LogP contribution in [0.2, 0.25) is 10.0 Å². The lowest BCUT2D eigenvalue weighted by molar-refractivity contribution is -0.0269. The minimum atomic E-state index is -1.48. The molecule has 1 aliphatic rings. The van der Waals surface area contributed by atoms with Gasteiger partial charge in [-0.1, -0.05) is 29.3 Å². The number of halogens is 2. The lowest BCUT2D eigenvalue weighted by atomic mass is 9.94. The van der Waals surface area contributed by atoms with Crippen LogP contribution in [-0.2, 0) is 12.1 Å². The van der Waals surface area contributed by atoms with Crippen molar-refractivity contribution in [3.05, 3.63) is 107 Å². The van der Waals surface area contributed by atoms with Crippen molar-refractivity contribution in [3.8, 4) is 23.2 Å². The van der Waals surface area contributed by atoms with Gasteiger partial charge >= 0.3 is 0 Å². The van der Waals surface area contributed by atoms with Crippen LogP contribution in [0.1, 0.15) is 5.56 Å². The van der Waals surface area contributed by atoms with Gasteiger partial charge in [0.05, 0.1) is 12.2 Å². The first-order chi connectivity index (χ1) is 20.8. The van der Waals surface area contributed by atoms with Crippen LogP contribution in [0, 0.1) is 0 Å². The summed E-state index contributed by atoms with van der Waals surface area (Å²) in [5.41, 5.74) is 1.86. The SMILES string of the molecule is Oc1ccc(O)n1-c1ccc(N2CCN(c3ccc(OCC(O)(Cn4cncn4)c4ccc(Cl)cc4Cl)cc3)CC2)cc1. The van der Waals surface area contributed by atoms with Crippen LogP contribution in [-0.4, -0.2) is 67.4 Å². The van der Waals surface area contributed by atoms with Gasteiger partial charge in [0.2, 0.25) is 0 Å². The van der Waals surface area contributed by atoms with Crippen LogP contribution in [0.15, 0.2) is 91.5 Å². The number of aliphatic hydroxyl groups is 1. The number of rotatable bonds is 9. The average Bonchev–Trinajstić information content (AvgIpc) is 3.65. The third kappa shape index (κ3) is 6.22. The highest BCUT2D eigenvalue weighted by atomic mass is 35.5. The van der Waals surface area contributed by atoms with Crippen molar-refractivity contribution in [3.63, 3.8) is 0 Å². The number of aromatic nitrogens is 4. The number of aromatic hydroxyl groups is 2. The highest BCUT2D eigenvalue weighted by Gasteiger charge is 2.34. The van der Waals surface area contributed by atoms with E-state index in [9.17, 15) is 15.3 Å². The molecule has 0 bridgehead atoms. The standard InChI is InChI=1S/C31H30Cl2N6O4/c32-22-1-10-27(28(33)17-22)31(42,18-38-21-34-20-35-38)19-43-26-8-6-24(7-9-26)37-15-13-36(14-16-37)23-2-4-25(5-3-23)39-29(40)11-12-30(39)41/h1-12,17,20-21,40-42H,13-16,18-19H2. The van der Waals surface area contributed by atoms with Crippen molar-refractivity contribution in [1.82, 2.24) is 19.3 Å². The molecule has 3 heterocycles. The van der Waals surface area contributed by atoms with E-state index >= 15 is 0 Å². The molecule has 0 radical (unpaired) electrons. The lowest BCUT2D eigenvalue weighted by Gasteiger charge is -2.37. The summed E-state index contributed by atoms with van der Waals surface area (Å²) < 4.78 is 8.98. The molecule has 0 aliphatic carbocycles. The summed E-state index contributed by atoms with van der Waals surface area (Å²) in [6.45, 7) is 3.40. The fourth-order valence-electron chi connectivity index (χ4n) is 5.33. The summed E-state index contributed by atoms with van der Waals surface area (Å²) in [5, 5.41) is 36.6. The smallest absolute Gasteiger partial charge is 0.198 e. The highest BCUT2D eigenvalue weighted by Crippen LogP contribution is 2.33. The topological polar surface area (TPSA) is 112 Å². The molecule has 222 valence electrons. The quantitative estimate of drug-likeness (QED) is 0.209. The summed E-state index contributed by atoms with van der Waals surface area (Å²) in [5.74, 6) is 0.594. The Morgan fingerprint density at radius 3 is 1.91 bits per heavy atom. The summed E-state index contributed by atoms with van der Waals surface area (Å²) in [6.07, 6.45) is 2.93. The Kier molecular flexibility index (Phi) is 8.07. The van der Waals surface area contributed by atoms with E-state index < -0.39 is 5.60 Å². The zero-order chi connectivity index (χ0) is 30.0. The van der Waals surface area contributed by atoms with Gasteiger partial charge in [-0.05, 0) is 60.7 Å². The van der Waals surface area contributed by atoms with E-state index in [-0.39, 0.29) is 24.9 Å². The second-order valence-corrected chi connectivity index (χ2v) is 11.3. The Morgan fingerprint density at radius 2 is 1.35 bits per heavy atom. The second-order valence-electron chi connectivity index (χ2n) is 10.4. The molecule has 43 heavy (non-hydrogen) atoms. The molecule has 0 amide bonds. The normalized spacial score (nSPS) is 15.0. The molecule has 3 N–H and O–H groups in total. The van der Waals surface area contributed by atoms with Gasteiger partial charge in [-0.25, -0.2) is 9.67 Å². The van der Waals surface area contributed by atoms with Crippen LogP contribution in [0.5, 0.6) is 17.5 Å². The van der Waals surface area contributed by atoms with E-state index in [0.717, 1.165) is 37.6 Å². The molecule has 1 unspecified atom stereocenters. The number of benzene rings is 3. The molecule has 1 saturated heterocycles. The van der Waals surface area contributed by atoms with Gasteiger partial charge in [-0.3, -0.25) is 4.57 Å². The molecule has 1 atom stereocenters. The number of nitrogens with zero attached hydrogens (tertiary/aromatic N) is 6. The van der Waals surface area contributed by atoms with E-state index in [1.807, 2.05) is 48.5 Å². The van der Waals surface area contributed by atoms with Crippen LogP contribution in [0.4, 0.5) is 11.4 Å². The number of anilines is 2. The molecular weight excluding hydrogens is 591 g/mol. The van der Waals surface area contributed by atoms with E-state index in [1.54, 1.807) is 18.2 Å². The first kappa shape index (κ1) is 28.7. The van der Waals surface area contributed by atoms with Crippen molar-refractivity contribution >= 4 is 34.6 Å². The van der Waals surface area contributed by atoms with Gasteiger partial charge in [0, 0.05) is 65.3 Å². The molecule has 6 rings (SSSR count). The monoisotopic (exact) mass is 620 g/mol. The number of hydrogen-bond donors (Lipinski definition) is 3. The molecule has 1 fully saturated rings. The van der Waals surface area contributed by atoms with Gasteiger partial charge in [-0.2, -0.15) is 5.10 Å². The third-order valence-electron chi connectivity index (χ3n) is 7.59. The zero-order valence-electron chi connectivity index (χ0n) is 23.1. The summed E-state index contributed by atoms with van der Waals surface area (Å²) >= 11 is 12.5. The Balaban J connectivity index is 1.07. The maximum Gasteiger partial charge on any atom is 0.198 e. The molecule has 10 nitrogen and oxygen atoms in total. The number of hydrogen-bond acceptors (Lipinski definition) is 8. The average molecular weight is 622 g/mol. The van der Waals surface area contributed by atoms with Gasteiger partial charge in [-0.15, -0.1) is 0 Å². The van der Waals surface area contributed by atoms with Gasteiger partial charge in [0.15, 0.2) is 11.8 Å². The minimum absolute atomic E-state index is 0.0105. The second kappa shape index (κ2) is 12.1.